The van der Waals surface area contributed by atoms with Crippen LogP contribution in [0.1, 0.15) is 334 Å². The summed E-state index contributed by atoms with van der Waals surface area (Å²) in [5.74, 6) is 5.38. The molecule has 8 atom stereocenters. The fraction of sp³-hybridized carbons (Fsp3) is 0.947. The van der Waals surface area contributed by atoms with Gasteiger partial charge in [-0.2, -0.15) is 0 Å². The number of rotatable bonds is 12. The van der Waals surface area contributed by atoms with Gasteiger partial charge in [0.05, 0.1) is 0 Å². The normalized spacial score (nSPS) is 36.0. The molecule has 482 valence electrons. The van der Waals surface area contributed by atoms with Crippen molar-refractivity contribution in [2.45, 2.75) is 334 Å². The van der Waals surface area contributed by atoms with Gasteiger partial charge in [-0.25, -0.2) is 0 Å². The molecule has 85 heavy (non-hydrogen) atoms. The van der Waals surface area contributed by atoms with Crippen LogP contribution in [0.4, 0.5) is 0 Å². The van der Waals surface area contributed by atoms with Gasteiger partial charge in [0.25, 0.3) is 0 Å². The first kappa shape index (κ1) is 69.5. The van der Waals surface area contributed by atoms with E-state index in [1.165, 1.54) is 283 Å². The number of carbonyl (C=O) groups excluding carboxylic acids is 4. The smallest absolute Gasteiger partial charge is 0.550 e. The summed E-state index contributed by atoms with van der Waals surface area (Å²) in [6, 6.07) is 0. The van der Waals surface area contributed by atoms with E-state index in [2.05, 4.69) is 0 Å². The summed E-state index contributed by atoms with van der Waals surface area (Å²) < 4.78 is 0. The van der Waals surface area contributed by atoms with E-state index in [1.807, 2.05) is 0 Å². The van der Waals surface area contributed by atoms with Gasteiger partial charge in [0.2, 0.25) is 0 Å². The van der Waals surface area contributed by atoms with E-state index < -0.39 is 23.9 Å². The third-order valence-electron chi connectivity index (χ3n) is 27.1. The quantitative estimate of drug-likeness (QED) is 0.175. The van der Waals surface area contributed by atoms with Crippen molar-refractivity contribution in [3.8, 4) is 0 Å². The van der Waals surface area contributed by atoms with Gasteiger partial charge in [-0.15, -0.1) is 0 Å². The molecule has 12 rings (SSSR count). The third kappa shape index (κ3) is 19.3. The first-order valence-corrected chi connectivity index (χ1v) is 37.9. The maximum Gasteiger partial charge on any atom is 4.00 e. The molecule has 0 bridgehead atoms. The maximum absolute atomic E-state index is 11.9. The Morgan fingerprint density at radius 2 is 0.271 bits per heavy atom. The van der Waals surface area contributed by atoms with Gasteiger partial charge in [-0.05, 0) is 146 Å². The van der Waals surface area contributed by atoms with Crippen molar-refractivity contribution in [3.05, 3.63) is 0 Å². The minimum atomic E-state index is -0.721. The van der Waals surface area contributed by atoms with Crippen LogP contribution in [0.15, 0.2) is 0 Å². The summed E-state index contributed by atoms with van der Waals surface area (Å²) in [5.41, 5.74) is 0. The molecule has 0 aromatic heterocycles. The molecular weight excluding hydrogens is 1140 g/mol. The Morgan fingerprint density at radius 3 is 0.365 bits per heavy atom. The fourth-order valence-corrected chi connectivity index (χ4v) is 23.2. The van der Waals surface area contributed by atoms with Gasteiger partial charge >= 0.3 is 21.1 Å². The largest absolute Gasteiger partial charge is 4.00 e. The van der Waals surface area contributed by atoms with Crippen LogP contribution in [-0.4, -0.2) is 23.9 Å². The monoisotopic (exact) mass is 1260 g/mol. The minimum Gasteiger partial charge on any atom is -0.550 e. The van der Waals surface area contributed by atoms with E-state index in [4.69, 9.17) is 0 Å². The molecule has 0 aromatic rings. The molecular formula is C76H124MoO8. The van der Waals surface area contributed by atoms with E-state index in [1.54, 1.807) is 0 Å². The van der Waals surface area contributed by atoms with Crippen molar-refractivity contribution in [1.82, 2.24) is 0 Å². The number of carbonyl (C=O) groups is 4. The molecule has 0 aliphatic heterocycles. The van der Waals surface area contributed by atoms with Crippen molar-refractivity contribution >= 4 is 23.9 Å². The van der Waals surface area contributed by atoms with E-state index in [0.29, 0.717) is 94.7 Å². The Hall–Kier alpha value is -1.43. The van der Waals surface area contributed by atoms with Crippen molar-refractivity contribution in [1.29, 1.82) is 0 Å². The molecule has 0 spiro atoms. The summed E-state index contributed by atoms with van der Waals surface area (Å²) in [6.07, 6.45) is 66.4. The van der Waals surface area contributed by atoms with Crippen LogP contribution in [0, 0.1) is 118 Å². The molecule has 0 amide bonds. The van der Waals surface area contributed by atoms with Gasteiger partial charge in [0.1, 0.15) is 0 Å². The van der Waals surface area contributed by atoms with Crippen LogP contribution in [0.3, 0.4) is 0 Å². The van der Waals surface area contributed by atoms with Crippen molar-refractivity contribution in [2.75, 3.05) is 0 Å². The summed E-state index contributed by atoms with van der Waals surface area (Å²) in [4.78, 5) is 47.8. The van der Waals surface area contributed by atoms with Gasteiger partial charge in [-0.3, -0.25) is 0 Å². The van der Waals surface area contributed by atoms with Crippen molar-refractivity contribution < 1.29 is 60.7 Å². The van der Waals surface area contributed by atoms with E-state index >= 15 is 0 Å². The molecule has 8 nitrogen and oxygen atoms in total. The molecule has 8 unspecified atom stereocenters. The molecule has 12 aliphatic rings. The number of carboxylic acids is 4. The molecule has 12 aliphatic carbocycles. The average Bonchev–Trinajstić information content (AvgIpc) is 3.65. The van der Waals surface area contributed by atoms with Gasteiger partial charge in [0.15, 0.2) is 0 Å². The summed E-state index contributed by atoms with van der Waals surface area (Å²) in [6.45, 7) is 0. The Morgan fingerprint density at radius 1 is 0.165 bits per heavy atom. The molecule has 0 saturated heterocycles. The summed E-state index contributed by atoms with van der Waals surface area (Å²) in [7, 11) is 0. The fourth-order valence-electron chi connectivity index (χ4n) is 23.2. The van der Waals surface area contributed by atoms with Crippen LogP contribution in [0.25, 0.3) is 0 Å². The Labute approximate surface area is 533 Å². The van der Waals surface area contributed by atoms with Crippen molar-refractivity contribution in [2.24, 2.45) is 118 Å². The predicted molar refractivity (Wildman–Crippen MR) is 330 cm³/mol. The maximum atomic E-state index is 11.9. The van der Waals surface area contributed by atoms with E-state index in [-0.39, 0.29) is 44.7 Å². The SMILES string of the molecule is O=C([O-])C1C(C2CCCCC2)CCCC1C1CCCCC1.O=C([O-])C1C(C2CCCCC2)CCCC1C1CCCCC1.O=C([O-])C1C(C2CCCCC2)CCCC1C1CCCCC1.O=C([O-])C1C(C2CCCCC2)CCCC1C1CCCCC1.[Mo+4]. The second-order valence-corrected chi connectivity index (χ2v) is 31.6. The van der Waals surface area contributed by atoms with Gasteiger partial charge < -0.3 is 39.6 Å². The molecule has 0 heterocycles. The first-order chi connectivity index (χ1) is 41.1. The molecule has 0 N–H and O–H groups in total. The molecule has 0 radical (unpaired) electrons. The molecule has 12 fully saturated rings. The number of hydrogen-bond acceptors (Lipinski definition) is 8. The second kappa shape index (κ2) is 36.6. The third-order valence-corrected chi connectivity index (χ3v) is 27.1. The number of carboxylic acid groups (broad SMARTS) is 4. The summed E-state index contributed by atoms with van der Waals surface area (Å²) >= 11 is 0. The minimum absolute atomic E-state index is 0. The zero-order valence-corrected chi connectivity index (χ0v) is 56.0. The molecule has 0 aromatic carbocycles. The van der Waals surface area contributed by atoms with E-state index in [0.717, 1.165) is 51.4 Å². The van der Waals surface area contributed by atoms with Crippen molar-refractivity contribution in [3.63, 3.8) is 0 Å². The zero-order valence-electron chi connectivity index (χ0n) is 54.0. The van der Waals surface area contributed by atoms with Crippen LogP contribution >= 0.6 is 0 Å². The van der Waals surface area contributed by atoms with Crippen LogP contribution in [0.5, 0.6) is 0 Å². The van der Waals surface area contributed by atoms with Gasteiger partial charge in [-0.1, -0.05) is 283 Å². The van der Waals surface area contributed by atoms with Crippen LogP contribution < -0.4 is 20.4 Å². The van der Waals surface area contributed by atoms with Gasteiger partial charge in [0, 0.05) is 47.5 Å². The standard InChI is InChI=1S/4C19H32O2.Mo/c4*20-19(21)18-16(14-8-3-1-4-9-14)12-7-13-17(18)15-10-5-2-6-11-15;/h4*14-18H,1-13H2,(H,20,21);/q;;;;+4/p-4. The topological polar surface area (TPSA) is 161 Å². The Balaban J connectivity index is 0.000000147. The first-order valence-electron chi connectivity index (χ1n) is 37.9. The Bertz CT molecular complexity index is 1530. The zero-order chi connectivity index (χ0) is 58.6. The second-order valence-electron chi connectivity index (χ2n) is 31.6. The van der Waals surface area contributed by atoms with Crippen LogP contribution in [0.2, 0.25) is 0 Å². The van der Waals surface area contributed by atoms with Crippen LogP contribution in [-0.2, 0) is 40.2 Å². The predicted octanol–water partition coefficient (Wildman–Crippen LogP) is 15.7. The Kier molecular flexibility index (Phi) is 29.9. The number of aliphatic carboxylic acids is 4. The number of hydrogen-bond donors (Lipinski definition) is 0. The van der Waals surface area contributed by atoms with E-state index in [9.17, 15) is 39.6 Å². The summed E-state index contributed by atoms with van der Waals surface area (Å²) in [5, 5.41) is 47.8. The molecule has 9 heteroatoms. The average molecular weight is 1260 g/mol. The molecule has 12 saturated carbocycles.